The molecule has 3 rings (SSSR count). The van der Waals surface area contributed by atoms with Crippen LogP contribution in [0.4, 0.5) is 4.79 Å². The Labute approximate surface area is 191 Å². The van der Waals surface area contributed by atoms with Crippen LogP contribution in [-0.2, 0) is 4.79 Å². The lowest BCUT2D eigenvalue weighted by Crippen LogP contribution is -2.42. The third-order valence-corrected chi connectivity index (χ3v) is 5.25. The Hall–Kier alpha value is -4.08. The maximum atomic E-state index is 12.7. The van der Waals surface area contributed by atoms with Crippen LogP contribution in [0.5, 0.6) is 23.0 Å². The van der Waals surface area contributed by atoms with Crippen LogP contribution in [0.15, 0.2) is 41.5 Å². The zero-order valence-electron chi connectivity index (χ0n) is 19.0. The van der Waals surface area contributed by atoms with E-state index in [9.17, 15) is 14.4 Å². The highest BCUT2D eigenvalue weighted by molar-refractivity contribution is 6.07. The minimum Gasteiger partial charge on any atom is -0.497 e. The van der Waals surface area contributed by atoms with E-state index in [4.69, 9.17) is 18.9 Å². The number of hydrogen-bond acceptors (Lipinski definition) is 8. The molecule has 1 fully saturated rings. The summed E-state index contributed by atoms with van der Waals surface area (Å²) in [4.78, 5) is 37.2. The van der Waals surface area contributed by atoms with Gasteiger partial charge in [-0.25, -0.2) is 9.59 Å². The average molecular weight is 455 g/mol. The molecular formula is C23H25N3O7. The molecule has 1 N–H and O–H groups in total. The quantitative estimate of drug-likeness (QED) is 0.282. The van der Waals surface area contributed by atoms with Crippen molar-refractivity contribution in [2.75, 3.05) is 21.3 Å². The molecule has 10 nitrogen and oxygen atoms in total. The molecule has 33 heavy (non-hydrogen) atoms. The van der Waals surface area contributed by atoms with E-state index in [0.717, 1.165) is 5.01 Å². The fraction of sp³-hybridized carbons (Fsp3) is 0.304. The summed E-state index contributed by atoms with van der Waals surface area (Å²) in [5, 5.41) is 7.42. The highest BCUT2D eigenvalue weighted by Gasteiger charge is 2.46. The Bertz CT molecular complexity index is 1090. The highest BCUT2D eigenvalue weighted by Crippen LogP contribution is 2.30. The predicted octanol–water partition coefficient (Wildman–Crippen LogP) is 2.99. The van der Waals surface area contributed by atoms with Gasteiger partial charge >= 0.3 is 12.0 Å². The normalized spacial score (nSPS) is 17.8. The predicted molar refractivity (Wildman–Crippen MR) is 119 cm³/mol. The van der Waals surface area contributed by atoms with Crippen LogP contribution in [-0.4, -0.2) is 56.0 Å². The van der Waals surface area contributed by atoms with Crippen molar-refractivity contribution < 1.29 is 33.3 Å². The van der Waals surface area contributed by atoms with Crippen molar-refractivity contribution in [1.29, 1.82) is 0 Å². The van der Waals surface area contributed by atoms with Crippen molar-refractivity contribution in [3.63, 3.8) is 0 Å². The molecule has 1 aliphatic heterocycles. The van der Waals surface area contributed by atoms with Crippen LogP contribution in [0.2, 0.25) is 0 Å². The molecule has 0 aliphatic carbocycles. The van der Waals surface area contributed by atoms with E-state index >= 15 is 0 Å². The van der Waals surface area contributed by atoms with E-state index < -0.39 is 23.4 Å². The summed E-state index contributed by atoms with van der Waals surface area (Å²) < 4.78 is 21.2. The van der Waals surface area contributed by atoms with Gasteiger partial charge in [0.05, 0.1) is 33.1 Å². The molecule has 0 bridgehead atoms. The van der Waals surface area contributed by atoms with Gasteiger partial charge in [0, 0.05) is 6.07 Å². The van der Waals surface area contributed by atoms with Gasteiger partial charge < -0.3 is 24.3 Å². The Kier molecular flexibility index (Phi) is 6.86. The minimum atomic E-state index is -0.979. The number of benzene rings is 2. The van der Waals surface area contributed by atoms with Gasteiger partial charge in [0.2, 0.25) is 0 Å². The number of nitrogens with one attached hydrogen (secondary N) is 1. The number of imide groups is 1. The maximum Gasteiger partial charge on any atom is 0.346 e. The molecule has 2 aromatic rings. The molecule has 10 heteroatoms. The van der Waals surface area contributed by atoms with E-state index in [1.54, 1.807) is 32.0 Å². The van der Waals surface area contributed by atoms with Gasteiger partial charge in [-0.2, -0.15) is 5.10 Å². The molecule has 1 atom stereocenters. The molecule has 0 aromatic heterocycles. The SMILES string of the molecule is CCC1(C)NC(=O)N(N=Cc2ccc(OC(=O)c3cc(OC)cc(OC)c3)c(OC)c2)C1=O. The molecule has 1 unspecified atom stereocenters. The monoisotopic (exact) mass is 455 g/mol. The van der Waals surface area contributed by atoms with Gasteiger partial charge in [0.25, 0.3) is 5.91 Å². The summed E-state index contributed by atoms with van der Waals surface area (Å²) >= 11 is 0. The van der Waals surface area contributed by atoms with Crippen LogP contribution in [0.1, 0.15) is 36.2 Å². The number of nitrogens with zero attached hydrogens (tertiary/aromatic N) is 2. The lowest BCUT2D eigenvalue weighted by atomic mass is 10.00. The highest BCUT2D eigenvalue weighted by atomic mass is 16.6. The van der Waals surface area contributed by atoms with Gasteiger partial charge in [0.1, 0.15) is 17.0 Å². The Morgan fingerprint density at radius 3 is 2.24 bits per heavy atom. The lowest BCUT2D eigenvalue weighted by Gasteiger charge is -2.17. The average Bonchev–Trinajstić information content (AvgIpc) is 3.05. The lowest BCUT2D eigenvalue weighted by molar-refractivity contribution is -0.130. The number of hydrazone groups is 1. The van der Waals surface area contributed by atoms with E-state index in [-0.39, 0.29) is 17.1 Å². The van der Waals surface area contributed by atoms with Crippen molar-refractivity contribution in [2.24, 2.45) is 5.10 Å². The summed E-state index contributed by atoms with van der Waals surface area (Å²) in [6.45, 7) is 3.45. The molecule has 1 heterocycles. The van der Waals surface area contributed by atoms with Gasteiger partial charge in [-0.15, -0.1) is 5.01 Å². The second-order valence-corrected chi connectivity index (χ2v) is 7.38. The molecule has 0 spiro atoms. The van der Waals surface area contributed by atoms with E-state index in [1.165, 1.54) is 45.7 Å². The summed E-state index contributed by atoms with van der Waals surface area (Å²) in [5.41, 5.74) is -0.218. The van der Waals surface area contributed by atoms with Gasteiger partial charge in [-0.1, -0.05) is 6.92 Å². The largest absolute Gasteiger partial charge is 0.497 e. The topological polar surface area (TPSA) is 116 Å². The summed E-state index contributed by atoms with van der Waals surface area (Å²) in [6, 6.07) is 8.80. The van der Waals surface area contributed by atoms with Crippen LogP contribution < -0.4 is 24.3 Å². The molecular weight excluding hydrogens is 430 g/mol. The number of urea groups is 1. The van der Waals surface area contributed by atoms with Crippen molar-refractivity contribution in [2.45, 2.75) is 25.8 Å². The summed E-state index contributed by atoms with van der Waals surface area (Å²) in [5.74, 6) is 0.259. The number of carbonyl (C=O) groups excluding carboxylic acids is 3. The van der Waals surface area contributed by atoms with Crippen LogP contribution in [0.3, 0.4) is 0 Å². The Morgan fingerprint density at radius 1 is 1.03 bits per heavy atom. The fourth-order valence-electron chi connectivity index (χ4n) is 3.07. The zero-order chi connectivity index (χ0) is 24.2. The van der Waals surface area contributed by atoms with Crippen LogP contribution in [0.25, 0.3) is 0 Å². The number of ether oxygens (including phenoxy) is 4. The molecule has 3 amide bonds. The number of amides is 3. The minimum absolute atomic E-state index is 0.176. The van der Waals surface area contributed by atoms with Crippen molar-refractivity contribution in [3.05, 3.63) is 47.5 Å². The molecule has 174 valence electrons. The zero-order valence-corrected chi connectivity index (χ0v) is 19.0. The first-order valence-corrected chi connectivity index (χ1v) is 10.1. The Morgan fingerprint density at radius 2 is 1.70 bits per heavy atom. The first-order chi connectivity index (χ1) is 15.7. The molecule has 2 aromatic carbocycles. The van der Waals surface area contributed by atoms with E-state index in [0.29, 0.717) is 23.5 Å². The summed E-state index contributed by atoms with van der Waals surface area (Å²) in [7, 11) is 4.39. The van der Waals surface area contributed by atoms with Crippen LogP contribution in [0, 0.1) is 0 Å². The third kappa shape index (κ3) is 4.89. The molecule has 1 aliphatic rings. The number of hydrogen-bond donors (Lipinski definition) is 1. The first kappa shape index (κ1) is 23.6. The van der Waals surface area contributed by atoms with Crippen molar-refractivity contribution >= 4 is 24.1 Å². The molecule has 0 saturated carbocycles. The number of rotatable bonds is 8. The van der Waals surface area contributed by atoms with Gasteiger partial charge in [-0.3, -0.25) is 4.79 Å². The second kappa shape index (κ2) is 9.60. The number of methoxy groups -OCH3 is 3. The first-order valence-electron chi connectivity index (χ1n) is 10.1. The Balaban J connectivity index is 1.79. The standard InChI is InChI=1S/C23H25N3O7/c1-6-23(2)21(28)26(22(29)25-23)24-13-14-7-8-18(19(9-14)32-5)33-20(27)15-10-16(30-3)12-17(11-15)31-4/h7-13H,6H2,1-5H3,(H,25,29). The van der Waals surface area contributed by atoms with E-state index in [1.807, 2.05) is 0 Å². The van der Waals surface area contributed by atoms with E-state index in [2.05, 4.69) is 10.4 Å². The van der Waals surface area contributed by atoms with Crippen molar-refractivity contribution in [1.82, 2.24) is 10.3 Å². The van der Waals surface area contributed by atoms with Crippen LogP contribution >= 0.6 is 0 Å². The molecule has 1 saturated heterocycles. The van der Waals surface area contributed by atoms with Gasteiger partial charge in [0.15, 0.2) is 11.5 Å². The maximum absolute atomic E-state index is 12.7. The number of carbonyl (C=O) groups is 3. The summed E-state index contributed by atoms with van der Waals surface area (Å²) in [6.07, 6.45) is 1.79. The second-order valence-electron chi connectivity index (χ2n) is 7.38. The third-order valence-electron chi connectivity index (χ3n) is 5.25. The fourth-order valence-corrected chi connectivity index (χ4v) is 3.07. The smallest absolute Gasteiger partial charge is 0.346 e. The van der Waals surface area contributed by atoms with Gasteiger partial charge in [-0.05, 0) is 49.2 Å². The van der Waals surface area contributed by atoms with Crippen molar-refractivity contribution in [3.8, 4) is 23.0 Å². The number of esters is 1. The molecule has 0 radical (unpaired) electrons.